The van der Waals surface area contributed by atoms with Gasteiger partial charge in [-0.3, -0.25) is 9.89 Å². The second kappa shape index (κ2) is 6.03. The van der Waals surface area contributed by atoms with Gasteiger partial charge < -0.3 is 10.0 Å². The van der Waals surface area contributed by atoms with E-state index < -0.39 is 5.60 Å². The first kappa shape index (κ1) is 15.5. The molecule has 2 fully saturated rings. The molecule has 1 aliphatic heterocycles. The molecule has 1 saturated heterocycles. The topological polar surface area (TPSA) is 69.2 Å². The molecule has 0 radical (unpaired) electrons. The molecule has 2 heterocycles. The Hall–Kier alpha value is -1.36. The van der Waals surface area contributed by atoms with Crippen LogP contribution < -0.4 is 0 Å². The second-order valence-corrected chi connectivity index (χ2v) is 7.35. The highest BCUT2D eigenvalue weighted by Crippen LogP contribution is 2.32. The van der Waals surface area contributed by atoms with E-state index in [9.17, 15) is 9.90 Å². The Labute approximate surface area is 132 Å². The number of amides is 1. The van der Waals surface area contributed by atoms with Gasteiger partial charge in [-0.1, -0.05) is 19.3 Å². The van der Waals surface area contributed by atoms with Crippen LogP contribution in [0.25, 0.3) is 0 Å². The Morgan fingerprint density at radius 3 is 2.68 bits per heavy atom. The van der Waals surface area contributed by atoms with E-state index in [0.29, 0.717) is 18.2 Å². The molecule has 1 aromatic rings. The summed E-state index contributed by atoms with van der Waals surface area (Å²) in [5, 5.41) is 17.6. The van der Waals surface area contributed by atoms with Crippen molar-refractivity contribution < 1.29 is 9.90 Å². The van der Waals surface area contributed by atoms with E-state index in [1.165, 1.54) is 32.1 Å². The lowest BCUT2D eigenvalue weighted by Gasteiger charge is -2.33. The maximum atomic E-state index is 12.7. The zero-order valence-corrected chi connectivity index (χ0v) is 13.6. The minimum absolute atomic E-state index is 0.0528. The number of H-pyrrole nitrogens is 1. The van der Waals surface area contributed by atoms with Crippen molar-refractivity contribution in [3.8, 4) is 0 Å². The molecule has 1 unspecified atom stereocenters. The summed E-state index contributed by atoms with van der Waals surface area (Å²) in [4.78, 5) is 14.5. The smallest absolute Gasteiger partial charge is 0.274 e. The Morgan fingerprint density at radius 1 is 1.27 bits per heavy atom. The van der Waals surface area contributed by atoms with Gasteiger partial charge in [-0.15, -0.1) is 0 Å². The molecule has 0 spiro atoms. The third kappa shape index (κ3) is 3.05. The van der Waals surface area contributed by atoms with Crippen molar-refractivity contribution in [3.63, 3.8) is 0 Å². The quantitative estimate of drug-likeness (QED) is 0.902. The predicted octanol–water partition coefficient (Wildman–Crippen LogP) is 2.83. The van der Waals surface area contributed by atoms with Gasteiger partial charge >= 0.3 is 0 Å². The Morgan fingerprint density at radius 2 is 2.00 bits per heavy atom. The van der Waals surface area contributed by atoms with Crippen molar-refractivity contribution >= 4 is 5.91 Å². The average Bonchev–Trinajstić information content (AvgIpc) is 3.16. The predicted molar refractivity (Wildman–Crippen MR) is 84.8 cm³/mol. The minimum atomic E-state index is -0.866. The van der Waals surface area contributed by atoms with Crippen molar-refractivity contribution in [1.82, 2.24) is 15.1 Å². The van der Waals surface area contributed by atoms with Crippen LogP contribution >= 0.6 is 0 Å². The number of aromatic amines is 1. The van der Waals surface area contributed by atoms with E-state index in [1.807, 2.05) is 6.07 Å². The molecule has 0 aromatic carbocycles. The van der Waals surface area contributed by atoms with Crippen LogP contribution in [-0.2, 0) is 0 Å². The molecule has 1 amide bonds. The van der Waals surface area contributed by atoms with Crippen LogP contribution in [0, 0.1) is 0 Å². The lowest BCUT2D eigenvalue weighted by molar-refractivity contribution is 0.000117. The normalized spacial score (nSPS) is 24.0. The zero-order valence-electron chi connectivity index (χ0n) is 13.6. The van der Waals surface area contributed by atoms with Crippen LogP contribution in [0.3, 0.4) is 0 Å². The van der Waals surface area contributed by atoms with Crippen LogP contribution in [0.15, 0.2) is 6.07 Å². The van der Waals surface area contributed by atoms with E-state index in [-0.39, 0.29) is 11.9 Å². The molecular weight excluding hydrogens is 278 g/mol. The molecular formula is C17H27N3O2. The van der Waals surface area contributed by atoms with Gasteiger partial charge in [0, 0.05) is 18.2 Å². The number of hydrogen-bond donors (Lipinski definition) is 2. The fourth-order valence-corrected chi connectivity index (χ4v) is 3.96. The Balaban J connectivity index is 1.73. The molecule has 5 nitrogen and oxygen atoms in total. The number of aliphatic hydroxyl groups is 1. The number of nitrogens with one attached hydrogen (secondary N) is 1. The van der Waals surface area contributed by atoms with Gasteiger partial charge in [0.25, 0.3) is 5.91 Å². The number of likely N-dealkylation sites (tertiary alicyclic amines) is 1. The molecule has 1 saturated carbocycles. The van der Waals surface area contributed by atoms with E-state index in [0.717, 1.165) is 18.5 Å². The summed E-state index contributed by atoms with van der Waals surface area (Å²) >= 11 is 0. The number of carbonyl (C=O) groups is 1. The minimum Gasteiger partial charge on any atom is -0.388 e. The Kier molecular flexibility index (Phi) is 4.26. The van der Waals surface area contributed by atoms with Crippen LogP contribution in [0.5, 0.6) is 0 Å². The number of rotatable bonds is 3. The summed E-state index contributed by atoms with van der Waals surface area (Å²) < 4.78 is 0. The lowest BCUT2D eigenvalue weighted by Crippen LogP contribution is -2.48. The van der Waals surface area contributed by atoms with Crippen molar-refractivity contribution in [2.24, 2.45) is 0 Å². The number of carbonyl (C=O) groups excluding carboxylic acids is 1. The lowest BCUT2D eigenvalue weighted by atomic mass is 9.87. The molecule has 0 bridgehead atoms. The molecule has 22 heavy (non-hydrogen) atoms. The molecule has 1 atom stereocenters. The highest BCUT2D eigenvalue weighted by Gasteiger charge is 2.39. The third-order valence-corrected chi connectivity index (χ3v) is 5.19. The fourth-order valence-electron chi connectivity index (χ4n) is 3.96. The monoisotopic (exact) mass is 305 g/mol. The largest absolute Gasteiger partial charge is 0.388 e. The number of nitrogens with zero attached hydrogens (tertiary/aromatic N) is 2. The Bertz CT molecular complexity index is 526. The summed E-state index contributed by atoms with van der Waals surface area (Å²) in [6.07, 6.45) is 8.02. The maximum absolute atomic E-state index is 12.7. The summed E-state index contributed by atoms with van der Waals surface area (Å²) in [5.41, 5.74) is 0.730. The van der Waals surface area contributed by atoms with Gasteiger partial charge in [0.05, 0.1) is 11.6 Å². The first-order valence-corrected chi connectivity index (χ1v) is 8.55. The van der Waals surface area contributed by atoms with Crippen LogP contribution in [0.4, 0.5) is 0 Å². The van der Waals surface area contributed by atoms with Crippen molar-refractivity contribution in [2.45, 2.75) is 76.4 Å². The summed E-state index contributed by atoms with van der Waals surface area (Å²) in [7, 11) is 0. The molecule has 3 rings (SSSR count). The summed E-state index contributed by atoms with van der Waals surface area (Å²) in [6.45, 7) is 4.27. The highest BCUT2D eigenvalue weighted by atomic mass is 16.3. The van der Waals surface area contributed by atoms with E-state index in [1.54, 1.807) is 18.7 Å². The van der Waals surface area contributed by atoms with Crippen molar-refractivity contribution in [3.05, 3.63) is 17.5 Å². The van der Waals surface area contributed by atoms with Gasteiger partial charge in [-0.25, -0.2) is 0 Å². The molecule has 2 N–H and O–H groups in total. The van der Waals surface area contributed by atoms with E-state index >= 15 is 0 Å². The van der Waals surface area contributed by atoms with Gasteiger partial charge in [0.2, 0.25) is 0 Å². The third-order valence-electron chi connectivity index (χ3n) is 5.19. The second-order valence-electron chi connectivity index (χ2n) is 7.35. The van der Waals surface area contributed by atoms with Gasteiger partial charge in [0.1, 0.15) is 5.69 Å². The standard InChI is InChI=1S/C17H27N3O2/c1-17(2,22)15-9-6-10-20(15)16(21)14-11-13(18-19-14)12-7-4-3-5-8-12/h11-12,15,22H,3-10H2,1-2H3,(H,18,19). The van der Waals surface area contributed by atoms with Crippen LogP contribution in [0.2, 0.25) is 0 Å². The maximum Gasteiger partial charge on any atom is 0.274 e. The first-order valence-electron chi connectivity index (χ1n) is 8.55. The zero-order chi connectivity index (χ0) is 15.7. The fraction of sp³-hybridized carbons (Fsp3) is 0.765. The average molecular weight is 305 g/mol. The van der Waals surface area contributed by atoms with Gasteiger partial charge in [-0.05, 0) is 45.6 Å². The molecule has 2 aliphatic rings. The van der Waals surface area contributed by atoms with Crippen molar-refractivity contribution in [2.75, 3.05) is 6.54 Å². The van der Waals surface area contributed by atoms with Gasteiger partial charge in [-0.2, -0.15) is 5.10 Å². The SMILES string of the molecule is CC(C)(O)C1CCCN1C(=O)c1cc(C2CCCCC2)[nH]n1. The van der Waals surface area contributed by atoms with Crippen molar-refractivity contribution in [1.29, 1.82) is 0 Å². The highest BCUT2D eigenvalue weighted by molar-refractivity contribution is 5.93. The molecule has 5 heteroatoms. The van der Waals surface area contributed by atoms with E-state index in [4.69, 9.17) is 0 Å². The molecule has 1 aromatic heterocycles. The first-order chi connectivity index (χ1) is 10.5. The number of aromatic nitrogens is 2. The molecule has 1 aliphatic carbocycles. The summed E-state index contributed by atoms with van der Waals surface area (Å²) in [6, 6.07) is 1.81. The number of hydrogen-bond acceptors (Lipinski definition) is 3. The van der Waals surface area contributed by atoms with E-state index in [2.05, 4.69) is 10.2 Å². The van der Waals surface area contributed by atoms with Gasteiger partial charge in [0.15, 0.2) is 0 Å². The van der Waals surface area contributed by atoms with Crippen LogP contribution in [-0.4, -0.2) is 44.3 Å². The van der Waals surface area contributed by atoms with Crippen LogP contribution in [0.1, 0.15) is 80.9 Å². The molecule has 122 valence electrons. The summed E-state index contributed by atoms with van der Waals surface area (Å²) in [5.74, 6) is 0.467.